The molecule has 0 radical (unpaired) electrons. The van der Waals surface area contributed by atoms with Crippen molar-refractivity contribution in [3.8, 4) is 0 Å². The molecule has 0 bridgehead atoms. The van der Waals surface area contributed by atoms with Gasteiger partial charge in [-0.3, -0.25) is 14.7 Å². The van der Waals surface area contributed by atoms with Gasteiger partial charge in [0, 0.05) is 50.7 Å². The number of piperazine rings is 1. The highest BCUT2D eigenvalue weighted by Gasteiger charge is 2.34. The normalized spacial score (nSPS) is 15.6. The summed E-state index contributed by atoms with van der Waals surface area (Å²) < 4.78 is 41.7. The van der Waals surface area contributed by atoms with Crippen molar-refractivity contribution in [2.75, 3.05) is 30.9 Å². The molecular weight excluding hydrogens is 377 g/mol. The second kappa shape index (κ2) is 8.18. The van der Waals surface area contributed by atoms with E-state index in [2.05, 4.69) is 27.4 Å². The van der Waals surface area contributed by atoms with Gasteiger partial charge in [-0.1, -0.05) is 12.8 Å². The van der Waals surface area contributed by atoms with Gasteiger partial charge in [0.2, 0.25) is 0 Å². The number of carbonyl (C=O) groups is 1. The summed E-state index contributed by atoms with van der Waals surface area (Å²) in [6.45, 7) is 3.02. The number of nitrogens with one attached hydrogen (secondary N) is 1. The number of amides is 1. The molecule has 1 amide bonds. The van der Waals surface area contributed by atoms with Gasteiger partial charge in [-0.05, 0) is 35.9 Å². The van der Waals surface area contributed by atoms with Crippen molar-refractivity contribution in [3.63, 3.8) is 0 Å². The Labute approximate surface area is 160 Å². The van der Waals surface area contributed by atoms with Gasteiger partial charge in [-0.25, -0.2) is 0 Å². The first-order valence-electron chi connectivity index (χ1n) is 8.40. The van der Waals surface area contributed by atoms with Crippen LogP contribution in [0.2, 0.25) is 0 Å². The summed E-state index contributed by atoms with van der Waals surface area (Å²) in [6.07, 6.45) is -1.10. The lowest BCUT2D eigenvalue weighted by molar-refractivity contribution is -0.136. The number of halogens is 3. The average Bonchev–Trinajstić information content (AvgIpc) is 2.67. The zero-order valence-electron chi connectivity index (χ0n) is 14.4. The highest BCUT2D eigenvalue weighted by atomic mass is 32.1. The topological polar surface area (TPSA) is 48.5 Å². The van der Waals surface area contributed by atoms with Crippen LogP contribution in [-0.4, -0.2) is 46.9 Å². The summed E-state index contributed by atoms with van der Waals surface area (Å²) in [5.74, 6) is -0.394. The third-order valence-electron chi connectivity index (χ3n) is 4.51. The number of pyridine rings is 1. The predicted molar refractivity (Wildman–Crippen MR) is 99.5 cm³/mol. The van der Waals surface area contributed by atoms with Crippen LogP contribution in [0.3, 0.4) is 0 Å². The van der Waals surface area contributed by atoms with E-state index in [-0.39, 0.29) is 11.3 Å². The monoisotopic (exact) mass is 396 g/mol. The molecule has 27 heavy (non-hydrogen) atoms. The largest absolute Gasteiger partial charge is 0.418 e. The Morgan fingerprint density at radius 3 is 2.37 bits per heavy atom. The molecule has 2 aromatic rings. The van der Waals surface area contributed by atoms with E-state index in [1.54, 1.807) is 17.3 Å². The number of nitrogens with zero attached hydrogens (tertiary/aromatic N) is 3. The third-order valence-corrected chi connectivity index (χ3v) is 4.75. The van der Waals surface area contributed by atoms with Crippen LogP contribution in [0.25, 0.3) is 0 Å². The number of rotatable bonds is 4. The maximum absolute atomic E-state index is 13.2. The minimum Gasteiger partial charge on any atom is -0.336 e. The fourth-order valence-corrected chi connectivity index (χ4v) is 3.24. The molecule has 1 N–H and O–H groups in total. The molecule has 1 aliphatic heterocycles. The van der Waals surface area contributed by atoms with E-state index in [1.165, 1.54) is 12.1 Å². The summed E-state index contributed by atoms with van der Waals surface area (Å²) in [5.41, 5.74) is 0.0795. The lowest BCUT2D eigenvalue weighted by Gasteiger charge is -2.35. The molecule has 2 heterocycles. The number of anilines is 1. The Bertz CT molecular complexity index is 793. The van der Waals surface area contributed by atoms with Crippen molar-refractivity contribution in [2.45, 2.75) is 12.7 Å². The number of benzene rings is 1. The van der Waals surface area contributed by atoms with Gasteiger partial charge in [0.15, 0.2) is 0 Å². The summed E-state index contributed by atoms with van der Waals surface area (Å²) in [7, 11) is 0. The molecule has 1 aromatic heterocycles. The van der Waals surface area contributed by atoms with Crippen LogP contribution in [0.1, 0.15) is 21.5 Å². The van der Waals surface area contributed by atoms with E-state index in [0.717, 1.165) is 18.2 Å². The van der Waals surface area contributed by atoms with Gasteiger partial charge in [0.1, 0.15) is 0 Å². The molecule has 1 aromatic carbocycles. The van der Waals surface area contributed by atoms with Crippen molar-refractivity contribution in [1.82, 2.24) is 14.8 Å². The summed E-state index contributed by atoms with van der Waals surface area (Å²) in [6, 6.07) is 7.37. The number of thiol groups is 1. The van der Waals surface area contributed by atoms with Gasteiger partial charge in [0.25, 0.3) is 5.91 Å². The second-order valence-corrected chi connectivity index (χ2v) is 6.52. The lowest BCUT2D eigenvalue weighted by atomic mass is 10.1. The van der Waals surface area contributed by atoms with Crippen LogP contribution in [0, 0.1) is 0 Å². The molecule has 0 spiro atoms. The number of carbonyl (C=O) groups excluding carboxylic acids is 1. The van der Waals surface area contributed by atoms with Gasteiger partial charge < -0.3 is 9.62 Å². The van der Waals surface area contributed by atoms with Crippen LogP contribution in [0.5, 0.6) is 0 Å². The molecule has 1 saturated heterocycles. The fraction of sp³-hybridized carbons (Fsp3) is 0.333. The first-order valence-corrected chi connectivity index (χ1v) is 8.85. The molecule has 1 fully saturated rings. The molecule has 1 aliphatic rings. The molecule has 0 saturated carbocycles. The maximum Gasteiger partial charge on any atom is 0.418 e. The molecule has 0 unspecified atom stereocenters. The SMILES string of the molecule is O=C(c1ccc(NS)c(C(F)(F)F)c1)N1CCN(Cc2ccncc2)CC1. The minimum absolute atomic E-state index is 0.0252. The van der Waals surface area contributed by atoms with E-state index in [0.29, 0.717) is 26.2 Å². The number of alkyl halides is 3. The highest BCUT2D eigenvalue weighted by molar-refractivity contribution is 7.81. The Morgan fingerprint density at radius 1 is 1.11 bits per heavy atom. The van der Waals surface area contributed by atoms with Gasteiger partial charge in [-0.2, -0.15) is 13.2 Å². The zero-order valence-corrected chi connectivity index (χ0v) is 15.3. The molecular formula is C18H19F3N4OS. The van der Waals surface area contributed by atoms with Crippen LogP contribution in [0.15, 0.2) is 42.7 Å². The molecule has 9 heteroatoms. The van der Waals surface area contributed by atoms with E-state index in [4.69, 9.17) is 0 Å². The van der Waals surface area contributed by atoms with Crippen molar-refractivity contribution >= 4 is 24.4 Å². The summed E-state index contributed by atoms with van der Waals surface area (Å²) in [5, 5.41) is 0. The van der Waals surface area contributed by atoms with Crippen molar-refractivity contribution < 1.29 is 18.0 Å². The van der Waals surface area contributed by atoms with Crippen molar-refractivity contribution in [1.29, 1.82) is 0 Å². The average molecular weight is 396 g/mol. The van der Waals surface area contributed by atoms with E-state index in [1.807, 2.05) is 12.1 Å². The van der Waals surface area contributed by atoms with E-state index < -0.39 is 17.6 Å². The molecule has 3 rings (SSSR count). The van der Waals surface area contributed by atoms with Crippen LogP contribution in [-0.2, 0) is 12.7 Å². The van der Waals surface area contributed by atoms with Gasteiger partial charge in [0.05, 0.1) is 11.3 Å². The Morgan fingerprint density at radius 2 is 1.78 bits per heavy atom. The summed E-state index contributed by atoms with van der Waals surface area (Å²) in [4.78, 5) is 20.4. The quantitative estimate of drug-likeness (QED) is 0.779. The number of hydrogen-bond donors (Lipinski definition) is 2. The Hall–Kier alpha value is -2.26. The second-order valence-electron chi connectivity index (χ2n) is 6.29. The summed E-state index contributed by atoms with van der Waals surface area (Å²) >= 11 is 3.70. The van der Waals surface area contributed by atoms with Gasteiger partial charge in [-0.15, -0.1) is 0 Å². The molecule has 0 aliphatic carbocycles. The number of aromatic nitrogens is 1. The standard InChI is InChI=1S/C18H19F3N4OS/c19-18(20,21)15-11-14(1-2-16(15)23-27)17(26)25-9-7-24(8-10-25)12-13-3-5-22-6-4-13/h1-6,11,23,27H,7-10,12H2. The molecule has 0 atom stereocenters. The zero-order chi connectivity index (χ0) is 19.4. The number of hydrogen-bond acceptors (Lipinski definition) is 5. The van der Waals surface area contributed by atoms with Gasteiger partial charge >= 0.3 is 6.18 Å². The Balaban J connectivity index is 1.65. The molecule has 5 nitrogen and oxygen atoms in total. The van der Waals surface area contributed by atoms with E-state index >= 15 is 0 Å². The first-order chi connectivity index (χ1) is 12.9. The minimum atomic E-state index is -4.56. The predicted octanol–water partition coefficient (Wildman–Crippen LogP) is 3.32. The lowest BCUT2D eigenvalue weighted by Crippen LogP contribution is -2.48. The van der Waals surface area contributed by atoms with Crippen molar-refractivity contribution in [2.24, 2.45) is 0 Å². The smallest absolute Gasteiger partial charge is 0.336 e. The third kappa shape index (κ3) is 4.72. The van der Waals surface area contributed by atoms with E-state index in [9.17, 15) is 18.0 Å². The van der Waals surface area contributed by atoms with Crippen LogP contribution >= 0.6 is 12.8 Å². The van der Waals surface area contributed by atoms with Crippen LogP contribution < -0.4 is 4.72 Å². The first kappa shape index (κ1) is 19.5. The maximum atomic E-state index is 13.2. The van der Waals surface area contributed by atoms with Crippen molar-refractivity contribution in [3.05, 3.63) is 59.4 Å². The van der Waals surface area contributed by atoms with Crippen LogP contribution in [0.4, 0.5) is 18.9 Å². The Kier molecular flexibility index (Phi) is 5.91. The highest BCUT2D eigenvalue weighted by Crippen LogP contribution is 2.36. The molecule has 144 valence electrons. The fourth-order valence-electron chi connectivity index (χ4n) is 3.05.